The topological polar surface area (TPSA) is 56.9 Å². The smallest absolute Gasteiger partial charge is 0.220 e. The van der Waals surface area contributed by atoms with Crippen LogP contribution in [0.1, 0.15) is 30.5 Å². The van der Waals surface area contributed by atoms with E-state index in [0.717, 1.165) is 17.5 Å². The van der Waals surface area contributed by atoms with E-state index in [4.69, 9.17) is 15.6 Å². The lowest BCUT2D eigenvalue weighted by atomic mass is 10.0. The summed E-state index contributed by atoms with van der Waals surface area (Å²) in [5.74, 6) is 0.0745. The molecule has 1 aromatic rings. The quantitative estimate of drug-likeness (QED) is 0.564. The Labute approximate surface area is 90.1 Å². The van der Waals surface area contributed by atoms with Gasteiger partial charge >= 0.3 is 0 Å². The third kappa shape index (κ3) is 2.91. The zero-order chi connectivity index (χ0) is 11.4. The van der Waals surface area contributed by atoms with E-state index >= 15 is 0 Å². The highest BCUT2D eigenvalue weighted by Crippen LogP contribution is 2.12. The first-order chi connectivity index (χ1) is 7.04. The molecule has 2 N–H and O–H groups in total. The first-order valence-electron chi connectivity index (χ1n) is 4.96. The molecule has 1 rings (SSSR count). The Balaban J connectivity index is 2.92. The summed E-state index contributed by atoms with van der Waals surface area (Å²) < 4.78 is 4.93. The highest BCUT2D eigenvalue weighted by Gasteiger charge is 2.05. The molecule has 1 aromatic carbocycles. The highest BCUT2D eigenvalue weighted by molar-refractivity contribution is 5.98. The number of aryl methyl sites for hydroxylation is 2. The van der Waals surface area contributed by atoms with Gasteiger partial charge in [-0.15, -0.1) is 0 Å². The minimum Gasteiger partial charge on any atom is -0.426 e. The van der Waals surface area contributed by atoms with Gasteiger partial charge in [0.1, 0.15) is 0 Å². The normalized spacial score (nSPS) is 9.80. The van der Waals surface area contributed by atoms with Crippen molar-refractivity contribution in [2.45, 2.75) is 27.2 Å². The van der Waals surface area contributed by atoms with Gasteiger partial charge in [0.05, 0.1) is 0 Å². The SMILES string of the molecule is CCc1ccc(C(=N)OC(C)=N)cc1C. The molecule has 0 unspecified atom stereocenters. The predicted molar refractivity (Wildman–Crippen MR) is 61.9 cm³/mol. The molecule has 3 heteroatoms. The first kappa shape index (κ1) is 11.4. The van der Waals surface area contributed by atoms with Crippen molar-refractivity contribution in [3.05, 3.63) is 34.9 Å². The molecule has 0 atom stereocenters. The van der Waals surface area contributed by atoms with E-state index in [1.54, 1.807) is 0 Å². The van der Waals surface area contributed by atoms with E-state index in [1.165, 1.54) is 12.5 Å². The second kappa shape index (κ2) is 4.73. The van der Waals surface area contributed by atoms with Crippen molar-refractivity contribution in [2.24, 2.45) is 0 Å². The molecule has 80 valence electrons. The van der Waals surface area contributed by atoms with Crippen LogP contribution in [0.5, 0.6) is 0 Å². The van der Waals surface area contributed by atoms with Crippen molar-refractivity contribution in [3.8, 4) is 0 Å². The summed E-state index contributed by atoms with van der Waals surface area (Å²) in [6.07, 6.45) is 0.990. The molecule has 0 aromatic heterocycles. The van der Waals surface area contributed by atoms with Crippen molar-refractivity contribution in [1.29, 1.82) is 10.8 Å². The second-order valence-corrected chi connectivity index (χ2v) is 3.48. The van der Waals surface area contributed by atoms with Crippen molar-refractivity contribution in [3.63, 3.8) is 0 Å². The molecular formula is C12H16N2O. The van der Waals surface area contributed by atoms with Gasteiger partial charge in [0.15, 0.2) is 5.90 Å². The third-order valence-corrected chi connectivity index (χ3v) is 2.24. The summed E-state index contributed by atoms with van der Waals surface area (Å²) in [6, 6.07) is 5.78. The fourth-order valence-corrected chi connectivity index (χ4v) is 1.45. The number of ether oxygens (including phenoxy) is 1. The number of rotatable bonds is 2. The molecule has 0 heterocycles. The van der Waals surface area contributed by atoms with E-state index in [2.05, 4.69) is 6.92 Å². The Hall–Kier alpha value is -1.64. The lowest BCUT2D eigenvalue weighted by Crippen LogP contribution is -2.09. The van der Waals surface area contributed by atoms with Gasteiger partial charge in [-0.05, 0) is 36.6 Å². The molecule has 0 amide bonds. The van der Waals surface area contributed by atoms with Crippen molar-refractivity contribution in [2.75, 3.05) is 0 Å². The van der Waals surface area contributed by atoms with Crippen molar-refractivity contribution < 1.29 is 4.74 Å². The molecule has 0 radical (unpaired) electrons. The number of benzene rings is 1. The highest BCUT2D eigenvalue weighted by atomic mass is 16.5. The lowest BCUT2D eigenvalue weighted by Gasteiger charge is -2.08. The molecule has 0 aliphatic heterocycles. The van der Waals surface area contributed by atoms with Crippen LogP contribution < -0.4 is 0 Å². The summed E-state index contributed by atoms with van der Waals surface area (Å²) in [7, 11) is 0. The third-order valence-electron chi connectivity index (χ3n) is 2.24. The van der Waals surface area contributed by atoms with Gasteiger partial charge in [0, 0.05) is 12.5 Å². The number of nitrogens with one attached hydrogen (secondary N) is 2. The van der Waals surface area contributed by atoms with Gasteiger partial charge < -0.3 is 4.74 Å². The maximum atomic E-state index is 7.62. The standard InChI is InChI=1S/C12H16N2O/c1-4-10-5-6-11(7-8(10)2)12(14)15-9(3)13/h5-7,13-14H,4H2,1-3H3. The van der Waals surface area contributed by atoms with Gasteiger partial charge in [0.2, 0.25) is 5.90 Å². The molecule has 0 saturated heterocycles. The lowest BCUT2D eigenvalue weighted by molar-refractivity contribution is 0.532. The monoisotopic (exact) mass is 204 g/mol. The van der Waals surface area contributed by atoms with Crippen LogP contribution in [-0.2, 0) is 11.2 Å². The van der Waals surface area contributed by atoms with Gasteiger partial charge in [0.25, 0.3) is 0 Å². The van der Waals surface area contributed by atoms with Crippen LogP contribution in [-0.4, -0.2) is 11.8 Å². The van der Waals surface area contributed by atoms with Crippen LogP contribution >= 0.6 is 0 Å². The minimum absolute atomic E-state index is 0.0354. The Morgan fingerprint density at radius 2 is 2.00 bits per heavy atom. The van der Waals surface area contributed by atoms with E-state index in [9.17, 15) is 0 Å². The largest absolute Gasteiger partial charge is 0.426 e. The predicted octanol–water partition coefficient (Wildman–Crippen LogP) is 2.90. The molecule has 0 fully saturated rings. The molecular weight excluding hydrogens is 188 g/mol. The average Bonchev–Trinajstić information content (AvgIpc) is 2.16. The van der Waals surface area contributed by atoms with Gasteiger partial charge in [-0.1, -0.05) is 13.0 Å². The average molecular weight is 204 g/mol. The summed E-state index contributed by atoms with van der Waals surface area (Å²) in [5.41, 5.74) is 3.15. The van der Waals surface area contributed by atoms with Crippen LogP contribution in [0.4, 0.5) is 0 Å². The van der Waals surface area contributed by atoms with Crippen LogP contribution in [0.25, 0.3) is 0 Å². The van der Waals surface area contributed by atoms with Crippen LogP contribution in [0.2, 0.25) is 0 Å². The fraction of sp³-hybridized carbons (Fsp3) is 0.333. The van der Waals surface area contributed by atoms with Gasteiger partial charge in [-0.25, -0.2) is 0 Å². The van der Waals surface area contributed by atoms with Crippen molar-refractivity contribution in [1.82, 2.24) is 0 Å². The van der Waals surface area contributed by atoms with E-state index in [-0.39, 0.29) is 11.8 Å². The van der Waals surface area contributed by atoms with E-state index in [1.807, 2.05) is 25.1 Å². The molecule has 0 aliphatic rings. The Kier molecular flexibility index (Phi) is 3.61. The zero-order valence-electron chi connectivity index (χ0n) is 9.35. The van der Waals surface area contributed by atoms with Crippen LogP contribution in [0.15, 0.2) is 18.2 Å². The Morgan fingerprint density at radius 1 is 1.33 bits per heavy atom. The summed E-state index contributed by atoms with van der Waals surface area (Å²) in [5, 5.41) is 14.8. The fourth-order valence-electron chi connectivity index (χ4n) is 1.45. The van der Waals surface area contributed by atoms with E-state index < -0.39 is 0 Å². The second-order valence-electron chi connectivity index (χ2n) is 3.48. The Bertz CT molecular complexity index is 397. The molecule has 0 aliphatic carbocycles. The molecule has 0 spiro atoms. The Morgan fingerprint density at radius 3 is 2.47 bits per heavy atom. The minimum atomic E-state index is 0.0354. The van der Waals surface area contributed by atoms with E-state index in [0.29, 0.717) is 0 Å². The van der Waals surface area contributed by atoms with Crippen LogP contribution in [0, 0.1) is 17.7 Å². The van der Waals surface area contributed by atoms with Gasteiger partial charge in [-0.2, -0.15) is 0 Å². The molecule has 3 nitrogen and oxygen atoms in total. The summed E-state index contributed by atoms with van der Waals surface area (Å²) >= 11 is 0. The summed E-state index contributed by atoms with van der Waals surface area (Å²) in [4.78, 5) is 0. The number of hydrogen-bond donors (Lipinski definition) is 2. The molecule has 0 bridgehead atoms. The zero-order valence-corrected chi connectivity index (χ0v) is 9.35. The maximum Gasteiger partial charge on any atom is 0.220 e. The van der Waals surface area contributed by atoms with Crippen molar-refractivity contribution >= 4 is 11.8 Å². The summed E-state index contributed by atoms with van der Waals surface area (Å²) in [6.45, 7) is 5.64. The van der Waals surface area contributed by atoms with Gasteiger partial charge in [-0.3, -0.25) is 10.8 Å². The molecule has 15 heavy (non-hydrogen) atoms. The maximum absolute atomic E-state index is 7.62. The first-order valence-corrected chi connectivity index (χ1v) is 4.96. The number of hydrogen-bond acceptors (Lipinski definition) is 3. The van der Waals surface area contributed by atoms with Crippen LogP contribution in [0.3, 0.4) is 0 Å². The molecule has 0 saturated carbocycles.